The zero-order valence-electron chi connectivity index (χ0n) is 13.9. The van der Waals surface area contributed by atoms with Crippen molar-refractivity contribution in [3.05, 3.63) is 24.3 Å². The van der Waals surface area contributed by atoms with Crippen LogP contribution in [0.2, 0.25) is 0 Å². The monoisotopic (exact) mass is 317 g/mol. The van der Waals surface area contributed by atoms with Crippen molar-refractivity contribution in [1.29, 1.82) is 0 Å². The Morgan fingerprint density at radius 3 is 2.61 bits per heavy atom. The molecule has 1 N–H and O–H groups in total. The molecule has 0 radical (unpaired) electrons. The number of carbonyl (C=O) groups excluding carboxylic acids is 2. The third-order valence-corrected chi connectivity index (χ3v) is 4.99. The first-order chi connectivity index (χ1) is 11.1. The predicted molar refractivity (Wildman–Crippen MR) is 87.7 cm³/mol. The smallest absolute Gasteiger partial charge is 0.292 e. The summed E-state index contributed by atoms with van der Waals surface area (Å²) in [6, 6.07) is 7.43. The molecule has 124 valence electrons. The van der Waals surface area contributed by atoms with Gasteiger partial charge in [0.25, 0.3) is 5.91 Å². The summed E-state index contributed by atoms with van der Waals surface area (Å²) in [5, 5.41) is 0. The highest BCUT2D eigenvalue weighted by Crippen LogP contribution is 2.25. The molecule has 5 heteroatoms. The Balaban J connectivity index is 1.78. The summed E-state index contributed by atoms with van der Waals surface area (Å²) in [5.41, 5.74) is 0.648. The van der Waals surface area contributed by atoms with Gasteiger partial charge in [0.1, 0.15) is 5.75 Å². The Morgan fingerprint density at radius 2 is 1.96 bits per heavy atom. The zero-order chi connectivity index (χ0) is 16.4. The fourth-order valence-electron chi connectivity index (χ4n) is 3.78. The second-order valence-corrected chi connectivity index (χ2v) is 6.47. The molecule has 0 aromatic heterocycles. The van der Waals surface area contributed by atoms with Crippen LogP contribution in [-0.4, -0.2) is 37.0 Å². The second kappa shape index (κ2) is 6.71. The van der Waals surface area contributed by atoms with Crippen molar-refractivity contribution in [3.63, 3.8) is 0 Å². The largest absolute Gasteiger partial charge is 0.494 e. The highest BCUT2D eigenvalue weighted by molar-refractivity contribution is 6.21. The van der Waals surface area contributed by atoms with Crippen LogP contribution in [0, 0.1) is 0 Å². The number of nitrogens with zero attached hydrogens (tertiary/aromatic N) is 1. The molecule has 0 aliphatic carbocycles. The SMILES string of the molecule is CCOc1ccc(N2C(=O)C[C@@H]([NH+]3CCCC[C@@H]3C)C2=O)cc1. The molecule has 1 aromatic rings. The molecule has 23 heavy (non-hydrogen) atoms. The van der Waals surface area contributed by atoms with Crippen molar-refractivity contribution in [1.82, 2.24) is 0 Å². The van der Waals surface area contributed by atoms with Crippen LogP contribution in [0.25, 0.3) is 0 Å². The molecule has 2 aliphatic heterocycles. The number of hydrogen-bond acceptors (Lipinski definition) is 3. The van der Waals surface area contributed by atoms with Gasteiger partial charge < -0.3 is 9.64 Å². The lowest BCUT2D eigenvalue weighted by Crippen LogP contribution is -3.20. The molecule has 0 spiro atoms. The Labute approximate surface area is 137 Å². The average Bonchev–Trinajstić information content (AvgIpc) is 2.84. The topological polar surface area (TPSA) is 51.0 Å². The molecular weight excluding hydrogens is 292 g/mol. The van der Waals surface area contributed by atoms with Gasteiger partial charge in [-0.05, 0) is 57.4 Å². The highest BCUT2D eigenvalue weighted by Gasteiger charge is 2.47. The number of nitrogens with one attached hydrogen (secondary N) is 1. The molecule has 2 amide bonds. The van der Waals surface area contributed by atoms with Gasteiger partial charge in [0.15, 0.2) is 6.04 Å². The third kappa shape index (κ3) is 3.11. The maximum atomic E-state index is 12.8. The summed E-state index contributed by atoms with van der Waals surface area (Å²) in [7, 11) is 0. The minimum atomic E-state index is -0.218. The summed E-state index contributed by atoms with van der Waals surface area (Å²) in [6.45, 7) is 5.70. The highest BCUT2D eigenvalue weighted by atomic mass is 16.5. The lowest BCUT2D eigenvalue weighted by atomic mass is 10.0. The maximum absolute atomic E-state index is 12.8. The van der Waals surface area contributed by atoms with E-state index < -0.39 is 0 Å². The minimum absolute atomic E-state index is 0.0529. The van der Waals surface area contributed by atoms with Gasteiger partial charge in [-0.25, -0.2) is 4.90 Å². The molecule has 2 aliphatic rings. The molecule has 2 fully saturated rings. The molecule has 0 bridgehead atoms. The van der Waals surface area contributed by atoms with E-state index in [2.05, 4.69) is 6.92 Å². The van der Waals surface area contributed by atoms with E-state index in [1.807, 2.05) is 19.1 Å². The van der Waals surface area contributed by atoms with E-state index in [9.17, 15) is 9.59 Å². The van der Waals surface area contributed by atoms with E-state index >= 15 is 0 Å². The molecule has 3 atom stereocenters. The van der Waals surface area contributed by atoms with Crippen molar-refractivity contribution in [2.75, 3.05) is 18.1 Å². The number of ether oxygens (including phenoxy) is 1. The summed E-state index contributed by atoms with van der Waals surface area (Å²) in [6.07, 6.45) is 3.82. The van der Waals surface area contributed by atoms with Crippen LogP contribution >= 0.6 is 0 Å². The van der Waals surface area contributed by atoms with E-state index in [0.717, 1.165) is 25.1 Å². The fraction of sp³-hybridized carbons (Fsp3) is 0.556. The first-order valence-corrected chi connectivity index (χ1v) is 8.57. The number of piperidine rings is 1. The predicted octanol–water partition coefficient (Wildman–Crippen LogP) is 1.17. The van der Waals surface area contributed by atoms with Gasteiger partial charge in [0.2, 0.25) is 5.91 Å². The van der Waals surface area contributed by atoms with E-state index in [1.54, 1.807) is 12.1 Å². The first-order valence-electron chi connectivity index (χ1n) is 8.57. The van der Waals surface area contributed by atoms with Gasteiger partial charge in [0, 0.05) is 0 Å². The Morgan fingerprint density at radius 1 is 1.22 bits per heavy atom. The quantitative estimate of drug-likeness (QED) is 0.848. The molecule has 0 saturated carbocycles. The van der Waals surface area contributed by atoms with Crippen molar-refractivity contribution >= 4 is 17.5 Å². The minimum Gasteiger partial charge on any atom is -0.494 e. The number of amides is 2. The standard InChI is InChI=1S/C18H24N2O3/c1-3-23-15-9-7-14(8-10-15)20-17(21)12-16(18(20)22)19-11-5-4-6-13(19)2/h7-10,13,16H,3-6,11-12H2,1-2H3/p+1/t13-,16+/m0/s1. The number of hydrogen-bond donors (Lipinski definition) is 1. The lowest BCUT2D eigenvalue weighted by Gasteiger charge is -2.33. The van der Waals surface area contributed by atoms with Gasteiger partial charge in [-0.2, -0.15) is 0 Å². The molecular formula is C18H25N2O3+. The molecule has 1 unspecified atom stereocenters. The van der Waals surface area contributed by atoms with E-state index in [-0.39, 0.29) is 17.9 Å². The summed E-state index contributed by atoms with van der Waals surface area (Å²) in [4.78, 5) is 27.9. The number of rotatable bonds is 4. The molecule has 2 saturated heterocycles. The van der Waals surface area contributed by atoms with Crippen molar-refractivity contribution < 1.29 is 19.2 Å². The molecule has 1 aromatic carbocycles. The van der Waals surface area contributed by atoms with Crippen LogP contribution in [-0.2, 0) is 9.59 Å². The average molecular weight is 317 g/mol. The number of benzene rings is 1. The van der Waals surface area contributed by atoms with Crippen LogP contribution in [0.3, 0.4) is 0 Å². The first kappa shape index (κ1) is 16.0. The number of likely N-dealkylation sites (tertiary alicyclic amines) is 1. The van der Waals surface area contributed by atoms with Crippen molar-refractivity contribution in [3.8, 4) is 5.75 Å². The Kier molecular flexibility index (Phi) is 4.66. The number of carbonyl (C=O) groups is 2. The molecule has 5 nitrogen and oxygen atoms in total. The summed E-state index contributed by atoms with van der Waals surface area (Å²) in [5.74, 6) is 0.611. The van der Waals surface area contributed by atoms with E-state index in [1.165, 1.54) is 16.2 Å². The van der Waals surface area contributed by atoms with Gasteiger partial charge in [-0.1, -0.05) is 0 Å². The Hall–Kier alpha value is -1.88. The van der Waals surface area contributed by atoms with E-state index in [4.69, 9.17) is 4.74 Å². The van der Waals surface area contributed by atoms with Crippen LogP contribution in [0.15, 0.2) is 24.3 Å². The van der Waals surface area contributed by atoms with Gasteiger partial charge in [-0.3, -0.25) is 9.59 Å². The number of anilines is 1. The maximum Gasteiger partial charge on any atom is 0.292 e. The van der Waals surface area contributed by atoms with Gasteiger partial charge in [-0.15, -0.1) is 0 Å². The van der Waals surface area contributed by atoms with Crippen LogP contribution in [0.5, 0.6) is 5.75 Å². The summed E-state index contributed by atoms with van der Waals surface area (Å²) < 4.78 is 5.42. The van der Waals surface area contributed by atoms with Crippen LogP contribution in [0.4, 0.5) is 5.69 Å². The number of quaternary nitrogens is 1. The normalized spacial score (nSPS) is 28.3. The van der Waals surface area contributed by atoms with Crippen molar-refractivity contribution in [2.24, 2.45) is 0 Å². The zero-order valence-corrected chi connectivity index (χ0v) is 13.9. The molecule has 3 rings (SSSR count). The fourth-order valence-corrected chi connectivity index (χ4v) is 3.78. The summed E-state index contributed by atoms with van der Waals surface area (Å²) >= 11 is 0. The Bertz CT molecular complexity index is 584. The van der Waals surface area contributed by atoms with Crippen LogP contribution < -0.4 is 14.5 Å². The van der Waals surface area contributed by atoms with Crippen molar-refractivity contribution in [2.45, 2.75) is 51.6 Å². The van der Waals surface area contributed by atoms with Crippen LogP contribution in [0.1, 0.15) is 39.5 Å². The van der Waals surface area contributed by atoms with E-state index in [0.29, 0.717) is 24.8 Å². The lowest BCUT2D eigenvalue weighted by molar-refractivity contribution is -0.942. The van der Waals surface area contributed by atoms with Gasteiger partial charge >= 0.3 is 0 Å². The molecule has 2 heterocycles. The second-order valence-electron chi connectivity index (χ2n) is 6.47. The van der Waals surface area contributed by atoms with Gasteiger partial charge in [0.05, 0.1) is 31.3 Å². The number of imide groups is 1. The third-order valence-electron chi connectivity index (χ3n) is 4.99.